The molecule has 9 nitrogen and oxygen atoms in total. The van der Waals surface area contributed by atoms with Crippen LogP contribution in [0.1, 0.15) is 36.5 Å². The molecule has 2 aromatic carbocycles. The lowest BCUT2D eigenvalue weighted by atomic mass is 10.1. The molecule has 1 aromatic heterocycles. The van der Waals surface area contributed by atoms with Crippen molar-refractivity contribution in [2.24, 2.45) is 11.5 Å². The van der Waals surface area contributed by atoms with Crippen molar-refractivity contribution in [2.45, 2.75) is 21.3 Å². The molecule has 0 radical (unpaired) electrons. The molecular weight excluding hydrogens is 738 g/mol. The number of nitrogens with zero attached hydrogens (tertiary/aromatic N) is 3. The number of anilines is 1. The zero-order chi connectivity index (χ0) is 26.8. The van der Waals surface area contributed by atoms with E-state index in [0.29, 0.717) is 27.0 Å². The fraction of sp³-hybridized carbons (Fsp3) is 0.208. The lowest BCUT2D eigenvalue weighted by Crippen LogP contribution is -2.18. The molecule has 0 bridgehead atoms. The third-order valence-electron chi connectivity index (χ3n) is 3.76. The average Bonchev–Trinajstić information content (AvgIpc) is 3.26. The molecule has 0 atom stereocenters. The number of carbonyl (C=O) groups is 1. The van der Waals surface area contributed by atoms with Crippen LogP contribution in [0.4, 0.5) is 5.13 Å². The van der Waals surface area contributed by atoms with E-state index in [1.165, 1.54) is 11.3 Å². The van der Waals surface area contributed by atoms with Crippen LogP contribution in [-0.2, 0) is 0 Å². The monoisotopic (exact) mass is 768 g/mol. The quantitative estimate of drug-likeness (QED) is 0.152. The second kappa shape index (κ2) is 22.5. The number of hydrogen-bond acceptors (Lipinski definition) is 9. The van der Waals surface area contributed by atoms with E-state index >= 15 is 0 Å². The van der Waals surface area contributed by atoms with Gasteiger partial charge in [-0.15, -0.1) is 0 Å². The van der Waals surface area contributed by atoms with Crippen molar-refractivity contribution in [1.29, 1.82) is 10.5 Å². The molecule has 0 saturated carbocycles. The van der Waals surface area contributed by atoms with Gasteiger partial charge in [0.25, 0.3) is 0 Å². The van der Waals surface area contributed by atoms with Crippen molar-refractivity contribution in [3.63, 3.8) is 0 Å². The van der Waals surface area contributed by atoms with Gasteiger partial charge in [0.1, 0.15) is 28.1 Å². The number of carbonyl (C=O) groups excluding carboxylic acids is 1. The van der Waals surface area contributed by atoms with Crippen LogP contribution < -0.4 is 26.7 Å². The average molecular weight is 768 g/mol. The van der Waals surface area contributed by atoms with Crippen molar-refractivity contribution >= 4 is 76.8 Å². The van der Waals surface area contributed by atoms with E-state index in [-0.39, 0.29) is 32.2 Å². The van der Waals surface area contributed by atoms with Crippen molar-refractivity contribution in [2.75, 3.05) is 20.0 Å². The molecule has 6 N–H and O–H groups in total. The van der Waals surface area contributed by atoms with E-state index in [1.807, 2.05) is 30.3 Å². The lowest BCUT2D eigenvalue weighted by molar-refractivity contribution is 0.0997. The van der Waals surface area contributed by atoms with Crippen LogP contribution in [0.15, 0.2) is 48.5 Å². The van der Waals surface area contributed by atoms with Crippen LogP contribution in [0.25, 0.3) is 11.3 Å². The van der Waals surface area contributed by atoms with Crippen molar-refractivity contribution in [3.8, 4) is 34.9 Å². The first-order valence-corrected chi connectivity index (χ1v) is 16.8. The Morgan fingerprint density at radius 3 is 1.81 bits per heavy atom. The number of rotatable bonds is 5. The molecular formula is C24H30I2N6O3S2. The first kappa shape index (κ1) is 38.8. The van der Waals surface area contributed by atoms with Gasteiger partial charge in [-0.2, -0.15) is 10.5 Å². The summed E-state index contributed by atoms with van der Waals surface area (Å²) < 4.78 is 9.99. The van der Waals surface area contributed by atoms with Crippen molar-refractivity contribution in [3.05, 3.63) is 59.0 Å². The summed E-state index contributed by atoms with van der Waals surface area (Å²) in [4.78, 5) is 15.9. The molecule has 3 rings (SSSR count). The minimum Gasteiger partial charge on any atom is -0.497 e. The Kier molecular flexibility index (Phi) is 23.6. The molecule has 37 heavy (non-hydrogen) atoms. The van der Waals surface area contributed by atoms with Gasteiger partial charge in [-0.25, -0.2) is 4.98 Å². The summed E-state index contributed by atoms with van der Waals surface area (Å²) in [5.74, 6) is 1.31. The van der Waals surface area contributed by atoms with Gasteiger partial charge in [0.15, 0.2) is 16.0 Å². The van der Waals surface area contributed by atoms with Gasteiger partial charge in [0.2, 0.25) is 0 Å². The van der Waals surface area contributed by atoms with E-state index in [4.69, 9.17) is 25.7 Å². The van der Waals surface area contributed by atoms with Gasteiger partial charge in [-0.05, 0) is 60.7 Å². The Labute approximate surface area is 251 Å². The molecule has 13 heteroatoms. The number of ketones is 1. The van der Waals surface area contributed by atoms with E-state index in [2.05, 4.69) is 72.0 Å². The zero-order valence-corrected chi connectivity index (χ0v) is 24.6. The van der Waals surface area contributed by atoms with Crippen LogP contribution in [0.2, 0.25) is 0 Å². The third kappa shape index (κ3) is 15.2. The van der Waals surface area contributed by atoms with E-state index in [1.54, 1.807) is 38.5 Å². The number of halogens is 2. The lowest BCUT2D eigenvalue weighted by Gasteiger charge is -2.00. The molecule has 0 amide bonds. The molecule has 200 valence electrons. The Morgan fingerprint density at radius 1 is 1.00 bits per heavy atom. The highest BCUT2D eigenvalue weighted by Gasteiger charge is 2.11. The topological polar surface area (TPSA) is 174 Å². The SMILES string of the molecule is C.C.COc1ccc(-c2nc(N)sc2C#N)cc1.COc1ccc(C(=O)CC#N)cc1.II.NC(N)=S. The second-order valence-corrected chi connectivity index (χ2v) is 7.46. The van der Waals surface area contributed by atoms with Crippen LogP contribution >= 0.6 is 60.8 Å². The van der Waals surface area contributed by atoms with Crippen molar-refractivity contribution in [1.82, 2.24) is 4.98 Å². The number of nitriles is 2. The predicted octanol–water partition coefficient (Wildman–Crippen LogP) is 6.30. The molecule has 0 aliphatic rings. The highest BCUT2D eigenvalue weighted by atomic mass is 128. The fourth-order valence-corrected chi connectivity index (χ4v) is 2.96. The number of ether oxygens (including phenoxy) is 2. The van der Waals surface area contributed by atoms with E-state index in [9.17, 15) is 4.79 Å². The molecule has 0 fully saturated rings. The predicted molar refractivity (Wildman–Crippen MR) is 173 cm³/mol. The number of hydrogen-bond donors (Lipinski definition) is 3. The highest BCUT2D eigenvalue weighted by Crippen LogP contribution is 2.29. The Balaban J connectivity index is -0.000000500. The Bertz CT molecular complexity index is 1160. The number of aromatic nitrogens is 1. The van der Waals surface area contributed by atoms with E-state index < -0.39 is 0 Å². The maximum atomic E-state index is 11.2. The van der Waals surface area contributed by atoms with Gasteiger partial charge in [0.05, 0.1) is 26.7 Å². The number of nitrogens with two attached hydrogens (primary N) is 3. The minimum atomic E-state index is -0.162. The van der Waals surface area contributed by atoms with Crippen LogP contribution in [0, 0.1) is 22.7 Å². The first-order chi connectivity index (χ1) is 16.7. The van der Waals surface area contributed by atoms with Crippen LogP contribution in [0.3, 0.4) is 0 Å². The zero-order valence-electron chi connectivity index (χ0n) is 18.7. The molecule has 1 heterocycles. The number of thiocarbonyl (C=S) groups is 1. The summed E-state index contributed by atoms with van der Waals surface area (Å²) in [6, 6.07) is 18.0. The number of nitrogen functional groups attached to an aromatic ring is 1. The summed E-state index contributed by atoms with van der Waals surface area (Å²) in [5.41, 5.74) is 16.9. The van der Waals surface area contributed by atoms with Crippen LogP contribution in [-0.4, -0.2) is 30.1 Å². The summed E-state index contributed by atoms with van der Waals surface area (Å²) in [6.45, 7) is 0. The van der Waals surface area contributed by atoms with Crippen LogP contribution in [0.5, 0.6) is 11.5 Å². The normalized spacial score (nSPS) is 8.16. The number of benzene rings is 2. The smallest absolute Gasteiger partial charge is 0.181 e. The summed E-state index contributed by atoms with van der Waals surface area (Å²) in [6.07, 6.45) is -0.0771. The van der Waals surface area contributed by atoms with Gasteiger partial charge in [-0.3, -0.25) is 4.79 Å². The number of thiazole rings is 1. The first-order valence-electron chi connectivity index (χ1n) is 9.29. The number of methoxy groups -OCH3 is 2. The standard InChI is InChI=1S/C11H9N3OS.C10H9NO2.CH4N2S.2CH4.I2/c1-15-8-4-2-7(3-5-8)10-9(6-12)16-11(13)14-10;1-13-9-4-2-8(3-5-9)10(12)6-7-11;2-1(3)4;;;1-2/h2-5H,1H3,(H2,13,14);2-5H,6H2,1H3;(H4,2,3,4);2*1H4;. The molecule has 0 spiro atoms. The van der Waals surface area contributed by atoms with Gasteiger partial charge in [-0.1, -0.05) is 26.2 Å². The Hall–Kier alpha value is -2.73. The molecule has 0 saturated heterocycles. The Morgan fingerprint density at radius 2 is 1.43 bits per heavy atom. The van der Waals surface area contributed by atoms with Crippen molar-refractivity contribution < 1.29 is 14.3 Å². The van der Waals surface area contributed by atoms with E-state index in [0.717, 1.165) is 11.3 Å². The highest BCUT2D eigenvalue weighted by molar-refractivity contribution is 15.0. The second-order valence-electron chi connectivity index (χ2n) is 5.96. The summed E-state index contributed by atoms with van der Waals surface area (Å²) in [7, 11) is 3.17. The summed E-state index contributed by atoms with van der Waals surface area (Å²) in [5, 5.41) is 17.6. The molecule has 0 unspecified atom stereocenters. The fourth-order valence-electron chi connectivity index (χ4n) is 2.31. The van der Waals surface area contributed by atoms with Gasteiger partial charge < -0.3 is 26.7 Å². The molecule has 0 aliphatic carbocycles. The largest absolute Gasteiger partial charge is 0.497 e. The molecule has 3 aromatic rings. The molecule has 0 aliphatic heterocycles. The minimum absolute atomic E-state index is 0. The number of Topliss-reactive ketones (excluding diaryl/α,β-unsaturated/α-hetero) is 1. The van der Waals surface area contributed by atoms with Gasteiger partial charge in [0, 0.05) is 48.4 Å². The van der Waals surface area contributed by atoms with Gasteiger partial charge >= 0.3 is 0 Å². The summed E-state index contributed by atoms with van der Waals surface area (Å²) >= 11 is 9.53. The third-order valence-corrected chi connectivity index (χ3v) is 4.55. The maximum Gasteiger partial charge on any atom is 0.181 e. The maximum absolute atomic E-state index is 11.2.